The second-order valence-corrected chi connectivity index (χ2v) is 5.37. The molecule has 1 N–H and O–H groups in total. The lowest BCUT2D eigenvalue weighted by Crippen LogP contribution is -2.49. The number of nitrogens with zero attached hydrogens (tertiary/aromatic N) is 3. The van der Waals surface area contributed by atoms with Gasteiger partial charge in [-0.15, -0.1) is 0 Å². The van der Waals surface area contributed by atoms with Crippen molar-refractivity contribution in [2.75, 3.05) is 0 Å². The zero-order chi connectivity index (χ0) is 13.9. The Hall–Kier alpha value is -1.83. The Morgan fingerprint density at radius 3 is 2.79 bits per heavy atom. The Morgan fingerprint density at radius 2 is 2.32 bits per heavy atom. The fourth-order valence-electron chi connectivity index (χ4n) is 2.66. The molecule has 1 aromatic rings. The predicted octanol–water partition coefficient (Wildman–Crippen LogP) is 2.01. The van der Waals surface area contributed by atoms with Crippen molar-refractivity contribution in [1.29, 1.82) is 5.26 Å². The van der Waals surface area contributed by atoms with Crippen LogP contribution in [0.1, 0.15) is 49.5 Å². The average Bonchev–Trinajstić information content (AvgIpc) is 2.86. The summed E-state index contributed by atoms with van der Waals surface area (Å²) >= 11 is 0. The SMILES string of the molecule is CCC1CCC(C#N)(NC(=O)c2ccn(C)n2)CC1. The number of carbonyl (C=O) groups is 1. The molecule has 1 fully saturated rings. The van der Waals surface area contributed by atoms with E-state index >= 15 is 0 Å². The van der Waals surface area contributed by atoms with Crippen molar-refractivity contribution in [3.63, 3.8) is 0 Å². The van der Waals surface area contributed by atoms with Crippen molar-refractivity contribution in [1.82, 2.24) is 15.1 Å². The summed E-state index contributed by atoms with van der Waals surface area (Å²) in [7, 11) is 1.77. The molecule has 0 radical (unpaired) electrons. The highest BCUT2D eigenvalue weighted by molar-refractivity contribution is 5.93. The van der Waals surface area contributed by atoms with E-state index in [1.165, 1.54) is 0 Å². The van der Waals surface area contributed by atoms with Gasteiger partial charge in [-0.2, -0.15) is 10.4 Å². The summed E-state index contributed by atoms with van der Waals surface area (Å²) in [5, 5.41) is 16.4. The molecule has 0 unspecified atom stereocenters. The van der Waals surface area contributed by atoms with Crippen LogP contribution in [-0.4, -0.2) is 21.2 Å². The predicted molar refractivity (Wildman–Crippen MR) is 71.3 cm³/mol. The van der Waals surface area contributed by atoms with Gasteiger partial charge in [-0.1, -0.05) is 13.3 Å². The number of carbonyl (C=O) groups excluding carboxylic acids is 1. The van der Waals surface area contributed by atoms with Gasteiger partial charge in [0.2, 0.25) is 0 Å². The van der Waals surface area contributed by atoms with Gasteiger partial charge in [0.05, 0.1) is 6.07 Å². The number of rotatable bonds is 3. The van der Waals surface area contributed by atoms with Crippen LogP contribution in [0.5, 0.6) is 0 Å². The van der Waals surface area contributed by atoms with Crippen LogP contribution in [0.3, 0.4) is 0 Å². The minimum absolute atomic E-state index is 0.253. The molecule has 0 spiro atoms. The van der Waals surface area contributed by atoms with Crippen molar-refractivity contribution >= 4 is 5.91 Å². The van der Waals surface area contributed by atoms with Crippen LogP contribution < -0.4 is 5.32 Å². The van der Waals surface area contributed by atoms with Crippen molar-refractivity contribution in [3.05, 3.63) is 18.0 Å². The van der Waals surface area contributed by atoms with Crippen molar-refractivity contribution < 1.29 is 4.79 Å². The molecule has 1 aromatic heterocycles. The minimum atomic E-state index is -0.708. The maximum atomic E-state index is 12.1. The largest absolute Gasteiger partial charge is 0.332 e. The van der Waals surface area contributed by atoms with Gasteiger partial charge in [-0.3, -0.25) is 9.48 Å². The number of nitriles is 1. The molecular formula is C14H20N4O. The molecule has 5 nitrogen and oxygen atoms in total. The van der Waals surface area contributed by atoms with E-state index < -0.39 is 5.54 Å². The standard InChI is InChI=1S/C14H20N4O/c1-3-11-4-7-14(10-15,8-5-11)16-13(19)12-6-9-18(2)17-12/h6,9,11H,3-5,7-8H2,1-2H3,(H,16,19). The van der Waals surface area contributed by atoms with Crippen molar-refractivity contribution in [3.8, 4) is 6.07 Å². The van der Waals surface area contributed by atoms with Crippen LogP contribution in [-0.2, 0) is 7.05 Å². The molecule has 19 heavy (non-hydrogen) atoms. The topological polar surface area (TPSA) is 70.7 Å². The second-order valence-electron chi connectivity index (χ2n) is 5.37. The van der Waals surface area contributed by atoms with Gasteiger partial charge in [0, 0.05) is 13.2 Å². The molecule has 1 aliphatic carbocycles. The number of hydrogen-bond donors (Lipinski definition) is 1. The number of aryl methyl sites for hydroxylation is 1. The van der Waals surface area contributed by atoms with E-state index in [-0.39, 0.29) is 5.91 Å². The van der Waals surface area contributed by atoms with Crippen LogP contribution in [0.4, 0.5) is 0 Å². The minimum Gasteiger partial charge on any atom is -0.332 e. The normalized spacial score (nSPS) is 26.7. The fraction of sp³-hybridized carbons (Fsp3) is 0.643. The summed E-state index contributed by atoms with van der Waals surface area (Å²) in [6.45, 7) is 2.18. The van der Waals surface area contributed by atoms with Gasteiger partial charge in [-0.25, -0.2) is 0 Å². The van der Waals surface area contributed by atoms with Gasteiger partial charge < -0.3 is 5.32 Å². The highest BCUT2D eigenvalue weighted by Gasteiger charge is 2.36. The van der Waals surface area contributed by atoms with E-state index in [1.54, 1.807) is 24.0 Å². The Morgan fingerprint density at radius 1 is 1.63 bits per heavy atom. The molecule has 0 aromatic carbocycles. The first-order valence-corrected chi connectivity index (χ1v) is 6.82. The van der Waals surface area contributed by atoms with Crippen LogP contribution in [0.25, 0.3) is 0 Å². The highest BCUT2D eigenvalue weighted by atomic mass is 16.2. The number of aromatic nitrogens is 2. The lowest BCUT2D eigenvalue weighted by atomic mass is 9.76. The van der Waals surface area contributed by atoms with Crippen molar-refractivity contribution in [2.24, 2.45) is 13.0 Å². The lowest BCUT2D eigenvalue weighted by molar-refractivity contribution is 0.0885. The molecule has 0 bridgehead atoms. The van der Waals surface area contributed by atoms with E-state index in [2.05, 4.69) is 23.4 Å². The third kappa shape index (κ3) is 2.95. The van der Waals surface area contributed by atoms with E-state index in [1.807, 2.05) is 0 Å². The molecule has 5 heteroatoms. The Labute approximate surface area is 113 Å². The fourth-order valence-corrected chi connectivity index (χ4v) is 2.66. The zero-order valence-electron chi connectivity index (χ0n) is 11.5. The van der Waals surface area contributed by atoms with E-state index in [0.29, 0.717) is 11.6 Å². The van der Waals surface area contributed by atoms with Crippen LogP contribution >= 0.6 is 0 Å². The van der Waals surface area contributed by atoms with E-state index in [4.69, 9.17) is 0 Å². The number of hydrogen-bond acceptors (Lipinski definition) is 3. The maximum absolute atomic E-state index is 12.1. The average molecular weight is 260 g/mol. The summed E-state index contributed by atoms with van der Waals surface area (Å²) < 4.78 is 1.59. The van der Waals surface area contributed by atoms with E-state index in [0.717, 1.165) is 32.1 Å². The molecule has 1 aliphatic rings. The molecule has 0 saturated heterocycles. The molecule has 1 amide bonds. The molecule has 0 atom stereocenters. The summed E-state index contributed by atoms with van der Waals surface area (Å²) in [5.74, 6) is 0.435. The van der Waals surface area contributed by atoms with Crippen LogP contribution in [0, 0.1) is 17.2 Å². The third-order valence-electron chi connectivity index (χ3n) is 4.05. The molecule has 0 aliphatic heterocycles. The monoisotopic (exact) mass is 260 g/mol. The van der Waals surface area contributed by atoms with Crippen LogP contribution in [0.2, 0.25) is 0 Å². The van der Waals surface area contributed by atoms with Gasteiger partial charge >= 0.3 is 0 Å². The highest BCUT2D eigenvalue weighted by Crippen LogP contribution is 2.33. The first-order valence-electron chi connectivity index (χ1n) is 6.82. The maximum Gasteiger partial charge on any atom is 0.273 e. The van der Waals surface area contributed by atoms with Gasteiger partial charge in [0.25, 0.3) is 5.91 Å². The second kappa shape index (κ2) is 5.43. The van der Waals surface area contributed by atoms with Crippen LogP contribution in [0.15, 0.2) is 12.3 Å². The lowest BCUT2D eigenvalue weighted by Gasteiger charge is -2.35. The van der Waals surface area contributed by atoms with Gasteiger partial charge in [0.1, 0.15) is 11.2 Å². The van der Waals surface area contributed by atoms with Gasteiger partial charge in [0.15, 0.2) is 0 Å². The Balaban J connectivity index is 2.04. The Bertz CT molecular complexity index is 492. The first kappa shape index (κ1) is 13.6. The van der Waals surface area contributed by atoms with Crippen molar-refractivity contribution in [2.45, 2.75) is 44.6 Å². The molecule has 2 rings (SSSR count). The first-order chi connectivity index (χ1) is 9.08. The molecular weight excluding hydrogens is 240 g/mol. The molecule has 1 saturated carbocycles. The quantitative estimate of drug-likeness (QED) is 0.903. The van der Waals surface area contributed by atoms with E-state index in [9.17, 15) is 10.1 Å². The summed E-state index contributed by atoms with van der Waals surface area (Å²) in [6, 6.07) is 3.97. The third-order valence-corrected chi connectivity index (χ3v) is 4.05. The molecule has 102 valence electrons. The van der Waals surface area contributed by atoms with Gasteiger partial charge in [-0.05, 0) is 37.7 Å². The zero-order valence-corrected chi connectivity index (χ0v) is 11.5. The molecule has 1 heterocycles. The Kier molecular flexibility index (Phi) is 3.89. The smallest absolute Gasteiger partial charge is 0.273 e. The number of nitrogens with one attached hydrogen (secondary N) is 1. The summed E-state index contributed by atoms with van der Waals surface area (Å²) in [4.78, 5) is 12.1. The number of amides is 1. The summed E-state index contributed by atoms with van der Waals surface area (Å²) in [5.41, 5.74) is -0.338. The summed E-state index contributed by atoms with van der Waals surface area (Å²) in [6.07, 6.45) is 6.36.